The van der Waals surface area contributed by atoms with Crippen LogP contribution in [-0.2, 0) is 10.0 Å². The molecule has 0 atom stereocenters. The fraction of sp³-hybridized carbons (Fsp3) is 0.938. The molecule has 2 fully saturated rings. The van der Waals surface area contributed by atoms with Crippen LogP contribution in [0.25, 0.3) is 0 Å². The summed E-state index contributed by atoms with van der Waals surface area (Å²) in [5.41, 5.74) is -0.0405. The van der Waals surface area contributed by atoms with E-state index in [1.165, 1.54) is 4.31 Å². The highest BCUT2D eigenvalue weighted by molar-refractivity contribution is 7.89. The lowest BCUT2D eigenvalue weighted by atomic mass is 9.80. The Balaban J connectivity index is 1.90. The highest BCUT2D eigenvalue weighted by Crippen LogP contribution is 2.28. The van der Waals surface area contributed by atoms with Crippen LogP contribution >= 0.6 is 0 Å². The number of carbonyl (C=O) groups is 1. The summed E-state index contributed by atoms with van der Waals surface area (Å²) in [6.07, 6.45) is 1.76. The van der Waals surface area contributed by atoms with Crippen LogP contribution in [0.1, 0.15) is 47.5 Å². The van der Waals surface area contributed by atoms with Gasteiger partial charge in [-0.05, 0) is 47.5 Å². The van der Waals surface area contributed by atoms with Crippen LogP contribution in [0.4, 0.5) is 4.79 Å². The van der Waals surface area contributed by atoms with E-state index in [1.807, 2.05) is 0 Å². The van der Waals surface area contributed by atoms with Crippen molar-refractivity contribution in [3.63, 3.8) is 0 Å². The molecule has 2 saturated heterocycles. The topological polar surface area (TPSA) is 81.8 Å². The number of piperidine rings is 1. The molecule has 2 amide bonds. The molecule has 0 radical (unpaired) electrons. The number of hydrogen-bond acceptors (Lipinski definition) is 4. The van der Waals surface area contributed by atoms with Crippen LogP contribution in [0.2, 0.25) is 0 Å². The Morgan fingerprint density at radius 2 is 1.58 bits per heavy atom. The van der Waals surface area contributed by atoms with Gasteiger partial charge in [-0.25, -0.2) is 13.2 Å². The third kappa shape index (κ3) is 4.83. The van der Waals surface area contributed by atoms with Gasteiger partial charge in [0.1, 0.15) is 0 Å². The number of nitrogens with one attached hydrogen (secondary N) is 2. The lowest BCUT2D eigenvalue weighted by molar-refractivity contribution is 0.132. The minimum atomic E-state index is -3.16. The second-order valence-corrected chi connectivity index (χ2v) is 10.5. The third-order valence-electron chi connectivity index (χ3n) is 4.80. The maximum absolute atomic E-state index is 12.5. The molecule has 2 rings (SSSR count). The minimum absolute atomic E-state index is 0.0202. The minimum Gasteiger partial charge on any atom is -0.335 e. The van der Waals surface area contributed by atoms with Gasteiger partial charge in [0.15, 0.2) is 0 Å². The Bertz CT molecular complexity index is 550. The molecule has 2 aliphatic rings. The van der Waals surface area contributed by atoms with E-state index in [1.54, 1.807) is 11.8 Å². The molecule has 0 aromatic rings. The molecule has 0 aliphatic carbocycles. The molecule has 2 N–H and O–H groups in total. The van der Waals surface area contributed by atoms with E-state index in [9.17, 15) is 13.2 Å². The van der Waals surface area contributed by atoms with Crippen molar-refractivity contribution in [2.24, 2.45) is 0 Å². The van der Waals surface area contributed by atoms with Crippen LogP contribution in [-0.4, -0.2) is 72.7 Å². The molecular weight excluding hydrogens is 328 g/mol. The summed E-state index contributed by atoms with van der Waals surface area (Å²) in [5.74, 6) is 0.110. The molecule has 0 aromatic carbocycles. The first-order valence-electron chi connectivity index (χ1n) is 8.77. The van der Waals surface area contributed by atoms with Gasteiger partial charge in [-0.1, -0.05) is 0 Å². The highest BCUT2D eigenvalue weighted by Gasteiger charge is 2.39. The van der Waals surface area contributed by atoms with Crippen LogP contribution in [0.15, 0.2) is 0 Å². The molecule has 0 saturated carbocycles. The van der Waals surface area contributed by atoms with Crippen LogP contribution in [0.5, 0.6) is 0 Å². The summed E-state index contributed by atoms with van der Waals surface area (Å²) in [7, 11) is -3.16. The quantitative estimate of drug-likeness (QED) is 0.786. The lowest BCUT2D eigenvalue weighted by Gasteiger charge is -2.47. The number of carbonyl (C=O) groups excluding carboxylic acids is 1. The van der Waals surface area contributed by atoms with Crippen LogP contribution in [0.3, 0.4) is 0 Å². The number of sulfonamides is 1. The van der Waals surface area contributed by atoms with Gasteiger partial charge in [-0.2, -0.15) is 4.31 Å². The van der Waals surface area contributed by atoms with E-state index in [-0.39, 0.29) is 28.9 Å². The fourth-order valence-corrected chi connectivity index (χ4v) is 5.13. The Labute approximate surface area is 146 Å². The van der Waals surface area contributed by atoms with Crippen molar-refractivity contribution in [1.29, 1.82) is 0 Å². The van der Waals surface area contributed by atoms with Crippen molar-refractivity contribution in [3.05, 3.63) is 0 Å². The lowest BCUT2D eigenvalue weighted by Crippen LogP contribution is -2.63. The Morgan fingerprint density at radius 3 is 2.04 bits per heavy atom. The standard InChI is InChI=1S/C16H32N4O3S/c1-6-24(22,23)20-9-7-19(8-10-20)14(21)17-13-11-15(2,3)18-16(4,5)12-13/h13,18H,6-12H2,1-5H3,(H,17,21). The van der Waals surface area contributed by atoms with Crippen molar-refractivity contribution in [1.82, 2.24) is 19.8 Å². The van der Waals surface area contributed by atoms with Gasteiger partial charge < -0.3 is 15.5 Å². The van der Waals surface area contributed by atoms with Crippen molar-refractivity contribution in [2.75, 3.05) is 31.9 Å². The second kappa shape index (κ2) is 6.80. The maximum Gasteiger partial charge on any atom is 0.317 e. The van der Waals surface area contributed by atoms with Crippen molar-refractivity contribution < 1.29 is 13.2 Å². The maximum atomic E-state index is 12.5. The smallest absolute Gasteiger partial charge is 0.317 e. The molecule has 24 heavy (non-hydrogen) atoms. The zero-order valence-electron chi connectivity index (χ0n) is 15.6. The van der Waals surface area contributed by atoms with Crippen molar-refractivity contribution in [3.8, 4) is 0 Å². The van der Waals surface area contributed by atoms with Crippen LogP contribution < -0.4 is 10.6 Å². The van der Waals surface area contributed by atoms with Gasteiger partial charge in [0, 0.05) is 43.3 Å². The molecule has 2 heterocycles. The second-order valence-electron chi connectivity index (χ2n) is 8.23. The molecular formula is C16H32N4O3S. The number of hydrogen-bond donors (Lipinski definition) is 2. The van der Waals surface area contributed by atoms with E-state index in [0.717, 1.165) is 12.8 Å². The first-order chi connectivity index (χ1) is 10.9. The largest absolute Gasteiger partial charge is 0.335 e. The van der Waals surface area contributed by atoms with Crippen molar-refractivity contribution in [2.45, 2.75) is 64.6 Å². The molecule has 0 spiro atoms. The van der Waals surface area contributed by atoms with Gasteiger partial charge in [-0.3, -0.25) is 0 Å². The SMILES string of the molecule is CCS(=O)(=O)N1CCN(C(=O)NC2CC(C)(C)NC(C)(C)C2)CC1. The molecule has 0 aromatic heterocycles. The van der Waals surface area contributed by atoms with E-state index >= 15 is 0 Å². The first-order valence-corrected chi connectivity index (χ1v) is 10.4. The van der Waals surface area contributed by atoms with E-state index in [0.29, 0.717) is 26.2 Å². The molecule has 8 heteroatoms. The van der Waals surface area contributed by atoms with Crippen LogP contribution in [0, 0.1) is 0 Å². The molecule has 0 unspecified atom stereocenters. The first kappa shape index (κ1) is 19.5. The Kier molecular flexibility index (Phi) is 5.52. The summed E-state index contributed by atoms with van der Waals surface area (Å²) in [6, 6.07) is 0.0446. The number of urea groups is 1. The van der Waals surface area contributed by atoms with E-state index < -0.39 is 10.0 Å². The average molecular weight is 361 g/mol. The predicted octanol–water partition coefficient (Wildman–Crippen LogP) is 0.973. The number of rotatable bonds is 3. The normalized spacial score (nSPS) is 25.5. The number of amides is 2. The van der Waals surface area contributed by atoms with Gasteiger partial charge in [0.2, 0.25) is 10.0 Å². The van der Waals surface area contributed by atoms with Gasteiger partial charge in [0.25, 0.3) is 0 Å². The fourth-order valence-electron chi connectivity index (χ4n) is 4.04. The average Bonchev–Trinajstić information content (AvgIpc) is 2.44. The Hall–Kier alpha value is -0.860. The number of piperazine rings is 1. The summed E-state index contributed by atoms with van der Waals surface area (Å²) < 4.78 is 25.3. The Morgan fingerprint density at radius 1 is 1.08 bits per heavy atom. The molecule has 2 aliphatic heterocycles. The summed E-state index contributed by atoms with van der Waals surface area (Å²) >= 11 is 0. The molecule has 140 valence electrons. The predicted molar refractivity (Wildman–Crippen MR) is 95.5 cm³/mol. The van der Waals surface area contributed by atoms with Gasteiger partial charge in [0.05, 0.1) is 5.75 Å². The highest BCUT2D eigenvalue weighted by atomic mass is 32.2. The molecule has 7 nitrogen and oxygen atoms in total. The van der Waals surface area contributed by atoms with Gasteiger partial charge in [-0.15, -0.1) is 0 Å². The summed E-state index contributed by atoms with van der Waals surface area (Å²) in [4.78, 5) is 14.3. The van der Waals surface area contributed by atoms with E-state index in [2.05, 4.69) is 38.3 Å². The molecule has 0 bridgehead atoms. The third-order valence-corrected chi connectivity index (χ3v) is 6.68. The van der Waals surface area contributed by atoms with E-state index in [4.69, 9.17) is 0 Å². The van der Waals surface area contributed by atoms with Crippen molar-refractivity contribution >= 4 is 16.1 Å². The summed E-state index contributed by atoms with van der Waals surface area (Å²) in [6.45, 7) is 11.9. The number of nitrogens with zero attached hydrogens (tertiary/aromatic N) is 2. The zero-order valence-corrected chi connectivity index (χ0v) is 16.4. The summed E-state index contributed by atoms with van der Waals surface area (Å²) in [5, 5.41) is 6.75. The zero-order chi connectivity index (χ0) is 18.2. The monoisotopic (exact) mass is 360 g/mol. The van der Waals surface area contributed by atoms with Gasteiger partial charge >= 0.3 is 6.03 Å².